The van der Waals surface area contributed by atoms with Crippen molar-refractivity contribution in [2.24, 2.45) is 0 Å². The van der Waals surface area contributed by atoms with Gasteiger partial charge in [-0.15, -0.1) is 0 Å². The van der Waals surface area contributed by atoms with E-state index in [1.54, 1.807) is 48.4 Å². The molecule has 2 heteroatoms. The summed E-state index contributed by atoms with van der Waals surface area (Å²) in [6.07, 6.45) is 10.1. The van der Waals surface area contributed by atoms with E-state index in [0.717, 1.165) is 16.8 Å². The van der Waals surface area contributed by atoms with Gasteiger partial charge in [-0.3, -0.25) is 4.79 Å². The van der Waals surface area contributed by atoms with Crippen LogP contribution >= 0.6 is 0 Å². The average Bonchev–Trinajstić information content (AvgIpc) is 2.59. The Morgan fingerprint density at radius 2 is 1.61 bits per heavy atom. The van der Waals surface area contributed by atoms with E-state index < -0.39 is 0 Å². The second-order valence-corrected chi connectivity index (χ2v) is 3.71. The normalized spacial score (nSPS) is 19.3. The zero-order valence-corrected chi connectivity index (χ0v) is 10.6. The van der Waals surface area contributed by atoms with Gasteiger partial charge in [-0.25, -0.2) is 0 Å². The Kier molecular flexibility index (Phi) is 4.44. The number of amides is 1. The van der Waals surface area contributed by atoms with E-state index in [-0.39, 0.29) is 5.91 Å². The van der Waals surface area contributed by atoms with E-state index in [1.807, 2.05) is 0 Å². The number of carbonyl (C=O) groups excluding carboxylic acids is 1. The Morgan fingerprint density at radius 3 is 2.06 bits per heavy atom. The second-order valence-electron chi connectivity index (χ2n) is 3.71. The first-order chi connectivity index (χ1) is 8.62. The minimum atomic E-state index is -0.0702. The molecule has 0 bridgehead atoms. The lowest BCUT2D eigenvalue weighted by Gasteiger charge is -2.10. The molecule has 0 radical (unpaired) electrons. The summed E-state index contributed by atoms with van der Waals surface area (Å²) in [6, 6.07) is 0. The number of likely N-dealkylation sites (N-methyl/N-ethyl adjacent to an activating group) is 1. The number of rotatable bonds is 4. The summed E-state index contributed by atoms with van der Waals surface area (Å²) >= 11 is 0. The number of carbonyl (C=O) groups is 1. The molecule has 1 heterocycles. The van der Waals surface area contributed by atoms with Crippen molar-refractivity contribution in [1.82, 2.24) is 4.90 Å². The van der Waals surface area contributed by atoms with E-state index in [9.17, 15) is 4.79 Å². The second kappa shape index (κ2) is 5.82. The van der Waals surface area contributed by atoms with E-state index >= 15 is 0 Å². The molecule has 1 saturated heterocycles. The standard InChI is InChI=1S/C16H17NO/c1-6-10-13-15(12(8-3)9-4)14(11-7-2)17(5)16(13)18/h6-11H,1-4H2,5H3/b13-10+,14-11+. The fraction of sp³-hybridized carbons (Fsp3) is 0.0625. The van der Waals surface area contributed by atoms with Crippen molar-refractivity contribution >= 4 is 5.91 Å². The van der Waals surface area contributed by atoms with Crippen molar-refractivity contribution in [3.05, 3.63) is 85.2 Å². The predicted molar refractivity (Wildman–Crippen MR) is 76.8 cm³/mol. The fourth-order valence-electron chi connectivity index (χ4n) is 1.87. The van der Waals surface area contributed by atoms with Crippen molar-refractivity contribution in [3.8, 4) is 0 Å². The summed E-state index contributed by atoms with van der Waals surface area (Å²) in [5, 5.41) is 0. The molecule has 1 aliphatic rings. The largest absolute Gasteiger partial charge is 0.311 e. The molecule has 0 atom stereocenters. The summed E-state index contributed by atoms with van der Waals surface area (Å²) < 4.78 is 0. The molecule has 1 aliphatic heterocycles. The number of likely N-dealkylation sites (tertiary alicyclic amines) is 1. The molecule has 0 saturated carbocycles. The van der Waals surface area contributed by atoms with Gasteiger partial charge in [0.15, 0.2) is 0 Å². The van der Waals surface area contributed by atoms with Crippen LogP contribution in [0.25, 0.3) is 0 Å². The van der Waals surface area contributed by atoms with Crippen LogP contribution in [0.15, 0.2) is 85.2 Å². The van der Waals surface area contributed by atoms with Crippen LogP contribution in [0, 0.1) is 0 Å². The van der Waals surface area contributed by atoms with Gasteiger partial charge in [0.25, 0.3) is 5.91 Å². The van der Waals surface area contributed by atoms with Crippen LogP contribution in [0.5, 0.6) is 0 Å². The smallest absolute Gasteiger partial charge is 0.258 e. The highest BCUT2D eigenvalue weighted by atomic mass is 16.2. The maximum absolute atomic E-state index is 12.2. The van der Waals surface area contributed by atoms with Crippen LogP contribution in [0.1, 0.15) is 0 Å². The zero-order chi connectivity index (χ0) is 13.7. The van der Waals surface area contributed by atoms with Gasteiger partial charge >= 0.3 is 0 Å². The van der Waals surface area contributed by atoms with Crippen molar-refractivity contribution in [2.75, 3.05) is 7.05 Å². The topological polar surface area (TPSA) is 20.3 Å². The lowest BCUT2D eigenvalue weighted by atomic mass is 9.99. The molecule has 0 spiro atoms. The van der Waals surface area contributed by atoms with Crippen LogP contribution in [0.3, 0.4) is 0 Å². The van der Waals surface area contributed by atoms with Crippen molar-refractivity contribution in [2.45, 2.75) is 0 Å². The van der Waals surface area contributed by atoms with Crippen LogP contribution < -0.4 is 0 Å². The van der Waals surface area contributed by atoms with Gasteiger partial charge in [-0.05, 0) is 17.7 Å². The van der Waals surface area contributed by atoms with Gasteiger partial charge in [0.05, 0.1) is 5.70 Å². The highest BCUT2D eigenvalue weighted by Gasteiger charge is 2.33. The van der Waals surface area contributed by atoms with Gasteiger partial charge < -0.3 is 4.90 Å². The van der Waals surface area contributed by atoms with E-state index in [2.05, 4.69) is 26.3 Å². The Bertz CT molecular complexity index is 505. The lowest BCUT2D eigenvalue weighted by Crippen LogP contribution is -2.17. The first-order valence-corrected chi connectivity index (χ1v) is 5.55. The maximum atomic E-state index is 12.2. The fourth-order valence-corrected chi connectivity index (χ4v) is 1.87. The van der Waals surface area contributed by atoms with Gasteiger partial charge in [-0.2, -0.15) is 0 Å². The van der Waals surface area contributed by atoms with Crippen LogP contribution in [-0.2, 0) is 4.79 Å². The molecular formula is C16H17NO. The van der Waals surface area contributed by atoms with Crippen molar-refractivity contribution < 1.29 is 4.79 Å². The molecule has 0 aliphatic carbocycles. The molecular weight excluding hydrogens is 222 g/mol. The maximum Gasteiger partial charge on any atom is 0.258 e. The third kappa shape index (κ3) is 2.18. The van der Waals surface area contributed by atoms with Crippen LogP contribution in [-0.4, -0.2) is 17.9 Å². The molecule has 0 N–H and O–H groups in total. The first kappa shape index (κ1) is 13.7. The molecule has 0 aromatic rings. The third-order valence-corrected chi connectivity index (χ3v) is 2.71. The molecule has 1 fully saturated rings. The summed E-state index contributed by atoms with van der Waals surface area (Å²) in [7, 11) is 1.73. The number of allylic oxidation sites excluding steroid dienone is 8. The predicted octanol–water partition coefficient (Wildman–Crippen LogP) is 3.31. The first-order valence-electron chi connectivity index (χ1n) is 5.55. The average molecular weight is 239 g/mol. The minimum Gasteiger partial charge on any atom is -0.311 e. The summed E-state index contributed by atoms with van der Waals surface area (Å²) in [5.74, 6) is -0.0702. The van der Waals surface area contributed by atoms with Crippen LogP contribution in [0.4, 0.5) is 0 Å². The van der Waals surface area contributed by atoms with E-state index in [1.165, 1.54) is 0 Å². The Hall–Kier alpha value is -2.35. The molecule has 0 aromatic carbocycles. The van der Waals surface area contributed by atoms with Gasteiger partial charge in [0.1, 0.15) is 0 Å². The van der Waals surface area contributed by atoms with Crippen molar-refractivity contribution in [1.29, 1.82) is 0 Å². The third-order valence-electron chi connectivity index (χ3n) is 2.71. The Labute approximate surface area is 108 Å². The lowest BCUT2D eigenvalue weighted by molar-refractivity contribution is -0.122. The molecule has 1 amide bonds. The van der Waals surface area contributed by atoms with Gasteiger partial charge in [0.2, 0.25) is 0 Å². The SMILES string of the molecule is C=C/C=C1/C(=O)N(C)/C(=C/C=C)C1=C(C=C)C=C. The highest BCUT2D eigenvalue weighted by molar-refractivity contribution is 6.05. The van der Waals surface area contributed by atoms with Crippen molar-refractivity contribution in [3.63, 3.8) is 0 Å². The highest BCUT2D eigenvalue weighted by Crippen LogP contribution is 2.35. The zero-order valence-electron chi connectivity index (χ0n) is 10.6. The van der Waals surface area contributed by atoms with Gasteiger partial charge in [-0.1, -0.05) is 50.6 Å². The molecule has 92 valence electrons. The summed E-state index contributed by atoms with van der Waals surface area (Å²) in [4.78, 5) is 13.7. The Morgan fingerprint density at radius 1 is 1.06 bits per heavy atom. The minimum absolute atomic E-state index is 0.0702. The molecule has 18 heavy (non-hydrogen) atoms. The summed E-state index contributed by atoms with van der Waals surface area (Å²) in [6.45, 7) is 14.8. The van der Waals surface area contributed by atoms with Gasteiger partial charge in [0, 0.05) is 18.2 Å². The monoisotopic (exact) mass is 239 g/mol. The number of hydrogen-bond acceptors (Lipinski definition) is 1. The quantitative estimate of drug-likeness (QED) is 0.689. The molecule has 2 nitrogen and oxygen atoms in total. The Balaban J connectivity index is 3.66. The summed E-state index contributed by atoms with van der Waals surface area (Å²) in [5.41, 5.74) is 3.01. The number of hydrogen-bond donors (Lipinski definition) is 0. The van der Waals surface area contributed by atoms with E-state index in [4.69, 9.17) is 0 Å². The molecule has 0 aromatic heterocycles. The molecule has 0 unspecified atom stereocenters. The van der Waals surface area contributed by atoms with E-state index in [0.29, 0.717) is 5.57 Å². The molecule has 1 rings (SSSR count). The van der Waals surface area contributed by atoms with Crippen LogP contribution in [0.2, 0.25) is 0 Å². The number of nitrogens with zero attached hydrogens (tertiary/aromatic N) is 1.